The number of hydrogen-bond acceptors (Lipinski definition) is 3. The summed E-state index contributed by atoms with van der Waals surface area (Å²) >= 11 is 0. The number of nitrogens with one attached hydrogen (secondary N) is 2. The molecule has 1 atom stereocenters. The van der Waals surface area contributed by atoms with Crippen LogP contribution in [0.5, 0.6) is 0 Å². The number of rotatable bonds is 2. The van der Waals surface area contributed by atoms with Crippen molar-refractivity contribution < 1.29 is 0 Å². The van der Waals surface area contributed by atoms with Gasteiger partial charge in [-0.3, -0.25) is 10.00 Å². The van der Waals surface area contributed by atoms with Crippen LogP contribution in [0.3, 0.4) is 0 Å². The fourth-order valence-corrected chi connectivity index (χ4v) is 2.48. The molecule has 104 valence electrons. The Morgan fingerprint density at radius 1 is 1.44 bits per heavy atom. The van der Waals surface area contributed by atoms with Gasteiger partial charge in [0.05, 0.1) is 6.20 Å². The third-order valence-corrected chi connectivity index (χ3v) is 3.31. The van der Waals surface area contributed by atoms with E-state index in [2.05, 4.69) is 48.1 Å². The van der Waals surface area contributed by atoms with Crippen molar-refractivity contribution in [1.29, 1.82) is 0 Å². The van der Waals surface area contributed by atoms with Crippen LogP contribution in [0.1, 0.15) is 39.0 Å². The van der Waals surface area contributed by atoms with Crippen LogP contribution in [0.2, 0.25) is 0 Å². The van der Waals surface area contributed by atoms with Gasteiger partial charge >= 0.3 is 0 Å². The molecule has 2 rings (SSSR count). The second-order valence-corrected chi connectivity index (χ2v) is 6.11. The van der Waals surface area contributed by atoms with Gasteiger partial charge in [0, 0.05) is 48.9 Å². The molecule has 1 saturated heterocycles. The summed E-state index contributed by atoms with van der Waals surface area (Å²) in [6.45, 7) is 13.3. The minimum Gasteiger partial charge on any atom is -0.312 e. The van der Waals surface area contributed by atoms with Crippen LogP contribution < -0.4 is 5.32 Å². The number of aromatic amines is 1. The Hall–Kier alpha value is -0.580. The molecule has 0 saturated carbocycles. The lowest BCUT2D eigenvalue weighted by molar-refractivity contribution is 0.198. The fourth-order valence-electron chi connectivity index (χ4n) is 2.48. The van der Waals surface area contributed by atoms with E-state index < -0.39 is 0 Å². The SMILES string of the molecule is CC1CN(Cc2cn[nH]c2C(C)(C)C)CCN1.Cl. The molecule has 18 heavy (non-hydrogen) atoms. The molecule has 1 aromatic heterocycles. The van der Waals surface area contributed by atoms with Gasteiger partial charge < -0.3 is 5.32 Å². The second kappa shape index (κ2) is 6.04. The topological polar surface area (TPSA) is 44.0 Å². The van der Waals surface area contributed by atoms with Crippen molar-refractivity contribution >= 4 is 12.4 Å². The maximum Gasteiger partial charge on any atom is 0.0535 e. The van der Waals surface area contributed by atoms with Crippen LogP contribution in [0.25, 0.3) is 0 Å². The van der Waals surface area contributed by atoms with Crippen LogP contribution in [0, 0.1) is 0 Å². The second-order valence-electron chi connectivity index (χ2n) is 6.11. The van der Waals surface area contributed by atoms with E-state index in [1.807, 2.05) is 6.20 Å². The van der Waals surface area contributed by atoms with E-state index in [1.54, 1.807) is 0 Å². The van der Waals surface area contributed by atoms with Gasteiger partial charge in [-0.2, -0.15) is 5.10 Å². The van der Waals surface area contributed by atoms with Crippen LogP contribution >= 0.6 is 12.4 Å². The van der Waals surface area contributed by atoms with Gasteiger partial charge in [-0.1, -0.05) is 20.8 Å². The van der Waals surface area contributed by atoms with Gasteiger partial charge in [0.1, 0.15) is 0 Å². The fraction of sp³-hybridized carbons (Fsp3) is 0.769. The van der Waals surface area contributed by atoms with Crippen LogP contribution in [0.15, 0.2) is 6.20 Å². The normalized spacial score (nSPS) is 21.7. The van der Waals surface area contributed by atoms with Gasteiger partial charge in [-0.25, -0.2) is 0 Å². The highest BCUT2D eigenvalue weighted by Crippen LogP contribution is 2.24. The van der Waals surface area contributed by atoms with Crippen molar-refractivity contribution in [3.8, 4) is 0 Å². The van der Waals surface area contributed by atoms with E-state index >= 15 is 0 Å². The van der Waals surface area contributed by atoms with Gasteiger partial charge in [0.2, 0.25) is 0 Å². The molecule has 1 aromatic rings. The first-order valence-electron chi connectivity index (χ1n) is 6.45. The molecule has 0 aromatic carbocycles. The summed E-state index contributed by atoms with van der Waals surface area (Å²) < 4.78 is 0. The van der Waals surface area contributed by atoms with Crippen molar-refractivity contribution in [3.05, 3.63) is 17.5 Å². The minimum absolute atomic E-state index is 0. The summed E-state index contributed by atoms with van der Waals surface area (Å²) in [6.07, 6.45) is 1.98. The maximum absolute atomic E-state index is 4.21. The molecule has 0 radical (unpaired) electrons. The third kappa shape index (κ3) is 3.70. The first-order valence-corrected chi connectivity index (χ1v) is 6.45. The van der Waals surface area contributed by atoms with Gasteiger partial charge in [-0.05, 0) is 6.92 Å². The van der Waals surface area contributed by atoms with Crippen molar-refractivity contribution in [2.24, 2.45) is 0 Å². The Morgan fingerprint density at radius 3 is 2.78 bits per heavy atom. The quantitative estimate of drug-likeness (QED) is 0.865. The average Bonchev–Trinajstić information content (AvgIpc) is 2.65. The Morgan fingerprint density at radius 2 is 2.17 bits per heavy atom. The zero-order valence-electron chi connectivity index (χ0n) is 11.8. The van der Waals surface area contributed by atoms with E-state index in [0.29, 0.717) is 6.04 Å². The Labute approximate surface area is 116 Å². The van der Waals surface area contributed by atoms with Crippen molar-refractivity contribution in [2.45, 2.75) is 45.7 Å². The number of H-pyrrole nitrogens is 1. The molecule has 1 aliphatic rings. The van der Waals surface area contributed by atoms with Crippen molar-refractivity contribution in [2.75, 3.05) is 19.6 Å². The summed E-state index contributed by atoms with van der Waals surface area (Å²) in [4.78, 5) is 2.50. The lowest BCUT2D eigenvalue weighted by Gasteiger charge is -2.32. The van der Waals surface area contributed by atoms with E-state index in [0.717, 1.165) is 26.2 Å². The molecule has 2 N–H and O–H groups in total. The molecule has 2 heterocycles. The number of hydrogen-bond donors (Lipinski definition) is 2. The summed E-state index contributed by atoms with van der Waals surface area (Å²) in [5.74, 6) is 0. The lowest BCUT2D eigenvalue weighted by atomic mass is 9.89. The number of halogens is 1. The average molecular weight is 273 g/mol. The predicted molar refractivity (Wildman–Crippen MR) is 77.3 cm³/mol. The van der Waals surface area contributed by atoms with Gasteiger partial charge in [-0.15, -0.1) is 12.4 Å². The third-order valence-electron chi connectivity index (χ3n) is 3.31. The summed E-state index contributed by atoms with van der Waals surface area (Å²) in [5, 5.41) is 10.8. The molecule has 1 unspecified atom stereocenters. The van der Waals surface area contributed by atoms with Crippen molar-refractivity contribution in [1.82, 2.24) is 20.4 Å². The zero-order valence-corrected chi connectivity index (χ0v) is 12.6. The molecule has 4 nitrogen and oxygen atoms in total. The summed E-state index contributed by atoms with van der Waals surface area (Å²) in [5.41, 5.74) is 2.75. The molecular weight excluding hydrogens is 248 g/mol. The molecule has 0 bridgehead atoms. The summed E-state index contributed by atoms with van der Waals surface area (Å²) in [6, 6.07) is 0.591. The standard InChI is InChI=1S/C13H24N4.ClH/c1-10-8-17(6-5-14-10)9-11-7-15-16-12(11)13(2,3)4;/h7,10,14H,5-6,8-9H2,1-4H3,(H,15,16);1H. The highest BCUT2D eigenvalue weighted by Gasteiger charge is 2.22. The molecule has 1 aliphatic heterocycles. The number of aromatic nitrogens is 2. The maximum atomic E-state index is 4.21. The van der Waals surface area contributed by atoms with Crippen LogP contribution in [-0.4, -0.2) is 40.8 Å². The summed E-state index contributed by atoms with van der Waals surface area (Å²) in [7, 11) is 0. The Kier molecular flexibility index (Phi) is 5.20. The smallest absolute Gasteiger partial charge is 0.0535 e. The van der Waals surface area contributed by atoms with Crippen LogP contribution in [-0.2, 0) is 12.0 Å². The molecule has 0 spiro atoms. The Bertz CT molecular complexity index is 369. The largest absolute Gasteiger partial charge is 0.312 e. The van der Waals surface area contributed by atoms with E-state index in [9.17, 15) is 0 Å². The molecule has 1 fully saturated rings. The molecule has 0 aliphatic carbocycles. The predicted octanol–water partition coefficient (Wildman–Crippen LogP) is 1.92. The van der Waals surface area contributed by atoms with Crippen LogP contribution in [0.4, 0.5) is 0 Å². The highest BCUT2D eigenvalue weighted by molar-refractivity contribution is 5.85. The van der Waals surface area contributed by atoms with Gasteiger partial charge in [0.15, 0.2) is 0 Å². The lowest BCUT2D eigenvalue weighted by Crippen LogP contribution is -2.48. The first kappa shape index (κ1) is 15.5. The van der Waals surface area contributed by atoms with Crippen molar-refractivity contribution in [3.63, 3.8) is 0 Å². The minimum atomic E-state index is 0. The highest BCUT2D eigenvalue weighted by atomic mass is 35.5. The monoisotopic (exact) mass is 272 g/mol. The van der Waals surface area contributed by atoms with E-state index in [1.165, 1.54) is 11.3 Å². The number of nitrogens with zero attached hydrogens (tertiary/aromatic N) is 2. The van der Waals surface area contributed by atoms with E-state index in [4.69, 9.17) is 0 Å². The molecule has 5 heteroatoms. The van der Waals surface area contributed by atoms with E-state index in [-0.39, 0.29) is 17.8 Å². The first-order chi connectivity index (χ1) is 7.97. The molecule has 0 amide bonds. The zero-order chi connectivity index (χ0) is 12.5. The molecular formula is C13H25ClN4. The van der Waals surface area contributed by atoms with Gasteiger partial charge in [0.25, 0.3) is 0 Å². The Balaban J connectivity index is 0.00000162. The number of piperazine rings is 1.